The van der Waals surface area contributed by atoms with Crippen molar-refractivity contribution >= 4 is 29.9 Å². The molecule has 0 saturated heterocycles. The van der Waals surface area contributed by atoms with Crippen LogP contribution in [0.3, 0.4) is 0 Å². The highest BCUT2D eigenvalue weighted by atomic mass is 127. The van der Waals surface area contributed by atoms with Crippen molar-refractivity contribution in [2.24, 2.45) is 4.99 Å². The number of rotatable bonds is 6. The Bertz CT molecular complexity index is 409. The molecule has 0 unspecified atom stereocenters. The molecule has 0 aromatic carbocycles. The van der Waals surface area contributed by atoms with Gasteiger partial charge in [0.2, 0.25) is 5.88 Å². The lowest BCUT2D eigenvalue weighted by atomic mass is 10.3. The zero-order valence-corrected chi connectivity index (χ0v) is 13.7. The monoisotopic (exact) mass is 376 g/mol. The minimum absolute atomic E-state index is 0. The van der Waals surface area contributed by atoms with Crippen molar-refractivity contribution in [1.29, 1.82) is 0 Å². The Morgan fingerprint density at radius 2 is 2.32 bits per heavy atom. The summed E-state index contributed by atoms with van der Waals surface area (Å²) in [6, 6.07) is 3.82. The van der Waals surface area contributed by atoms with Gasteiger partial charge in [-0.05, 0) is 13.0 Å². The quantitative estimate of drug-likeness (QED) is 0.345. The van der Waals surface area contributed by atoms with Crippen LogP contribution < -0.4 is 15.4 Å². The number of nitrogens with one attached hydrogen (secondary N) is 2. The lowest BCUT2D eigenvalue weighted by molar-refractivity contribution is 0.392. The maximum Gasteiger partial charge on any atom is 0.218 e. The molecule has 1 rings (SSSR count). The first-order valence-corrected chi connectivity index (χ1v) is 5.92. The van der Waals surface area contributed by atoms with E-state index in [9.17, 15) is 0 Å². The van der Waals surface area contributed by atoms with Gasteiger partial charge in [0, 0.05) is 24.8 Å². The van der Waals surface area contributed by atoms with E-state index in [2.05, 4.69) is 27.2 Å². The molecule has 0 aliphatic heterocycles. The first kappa shape index (κ1) is 17.7. The molecule has 0 aliphatic rings. The molecule has 19 heavy (non-hydrogen) atoms. The second kappa shape index (κ2) is 10.6. The first-order chi connectivity index (χ1) is 8.81. The lowest BCUT2D eigenvalue weighted by Gasteiger charge is -2.10. The summed E-state index contributed by atoms with van der Waals surface area (Å²) in [6.45, 7) is 7.69. The van der Waals surface area contributed by atoms with Crippen LogP contribution in [0.4, 0.5) is 0 Å². The highest BCUT2D eigenvalue weighted by Crippen LogP contribution is 2.14. The standard InChI is InChI=1S/C13H20N4O.HI/c1-4-8-16-13(14-5-2)17-10-11-7-6-9-15-12(11)18-3;/h4,6-7,9H,1,5,8,10H2,2-3H3,(H2,14,16,17);1H. The van der Waals surface area contributed by atoms with E-state index in [1.165, 1.54) is 0 Å². The highest BCUT2D eigenvalue weighted by Gasteiger charge is 2.02. The summed E-state index contributed by atoms with van der Waals surface area (Å²) in [5.41, 5.74) is 0.954. The Morgan fingerprint density at radius 1 is 1.53 bits per heavy atom. The average molecular weight is 376 g/mol. The van der Waals surface area contributed by atoms with E-state index >= 15 is 0 Å². The van der Waals surface area contributed by atoms with E-state index in [4.69, 9.17) is 4.74 Å². The summed E-state index contributed by atoms with van der Waals surface area (Å²) in [5, 5.41) is 6.29. The molecule has 0 saturated carbocycles. The fourth-order valence-corrected chi connectivity index (χ4v) is 1.40. The highest BCUT2D eigenvalue weighted by molar-refractivity contribution is 14.0. The zero-order valence-electron chi connectivity index (χ0n) is 11.3. The fourth-order valence-electron chi connectivity index (χ4n) is 1.40. The van der Waals surface area contributed by atoms with Crippen molar-refractivity contribution in [1.82, 2.24) is 15.6 Å². The predicted octanol–water partition coefficient (Wildman–Crippen LogP) is 1.95. The summed E-state index contributed by atoms with van der Waals surface area (Å²) < 4.78 is 5.18. The molecule has 5 nitrogen and oxygen atoms in total. The minimum atomic E-state index is 0. The number of ether oxygens (including phenoxy) is 1. The van der Waals surface area contributed by atoms with Crippen LogP contribution in [0.5, 0.6) is 5.88 Å². The summed E-state index contributed by atoms with van der Waals surface area (Å²) in [5.74, 6) is 1.36. The molecule has 1 heterocycles. The number of halogens is 1. The Kier molecular flexibility index (Phi) is 9.87. The number of methoxy groups -OCH3 is 1. The van der Waals surface area contributed by atoms with Gasteiger partial charge in [-0.1, -0.05) is 12.1 Å². The van der Waals surface area contributed by atoms with E-state index in [1.807, 2.05) is 19.1 Å². The van der Waals surface area contributed by atoms with Gasteiger partial charge in [0.1, 0.15) is 0 Å². The van der Waals surface area contributed by atoms with Gasteiger partial charge in [-0.25, -0.2) is 9.98 Å². The van der Waals surface area contributed by atoms with E-state index in [0.29, 0.717) is 19.0 Å². The molecule has 106 valence electrons. The molecule has 0 bridgehead atoms. The summed E-state index contributed by atoms with van der Waals surface area (Å²) in [7, 11) is 1.61. The van der Waals surface area contributed by atoms with Crippen LogP contribution in [0.2, 0.25) is 0 Å². The smallest absolute Gasteiger partial charge is 0.218 e. The van der Waals surface area contributed by atoms with E-state index < -0.39 is 0 Å². The van der Waals surface area contributed by atoms with Crippen LogP contribution >= 0.6 is 24.0 Å². The third-order valence-corrected chi connectivity index (χ3v) is 2.21. The number of guanidine groups is 1. The molecule has 0 amide bonds. The van der Waals surface area contributed by atoms with Crippen LogP contribution in [-0.4, -0.2) is 31.1 Å². The fraction of sp³-hybridized carbons (Fsp3) is 0.385. The van der Waals surface area contributed by atoms with Crippen molar-refractivity contribution in [2.75, 3.05) is 20.2 Å². The van der Waals surface area contributed by atoms with Crippen molar-refractivity contribution in [3.05, 3.63) is 36.5 Å². The van der Waals surface area contributed by atoms with Crippen molar-refractivity contribution in [3.8, 4) is 5.88 Å². The number of aromatic nitrogens is 1. The van der Waals surface area contributed by atoms with Gasteiger partial charge in [0.15, 0.2) is 5.96 Å². The number of nitrogens with zero attached hydrogens (tertiary/aromatic N) is 2. The zero-order chi connectivity index (χ0) is 13.2. The number of aliphatic imine (C=N–C) groups is 1. The maximum atomic E-state index is 5.18. The molecule has 1 aromatic heterocycles. The number of hydrogen-bond acceptors (Lipinski definition) is 3. The van der Waals surface area contributed by atoms with Crippen molar-refractivity contribution in [2.45, 2.75) is 13.5 Å². The largest absolute Gasteiger partial charge is 0.481 e. The van der Waals surface area contributed by atoms with E-state index in [-0.39, 0.29) is 24.0 Å². The van der Waals surface area contributed by atoms with Crippen LogP contribution in [-0.2, 0) is 6.54 Å². The second-order valence-corrected chi connectivity index (χ2v) is 3.54. The van der Waals surface area contributed by atoms with Gasteiger partial charge < -0.3 is 15.4 Å². The van der Waals surface area contributed by atoms with Crippen LogP contribution in [0.1, 0.15) is 12.5 Å². The van der Waals surface area contributed by atoms with Gasteiger partial charge in [-0.2, -0.15) is 0 Å². The van der Waals surface area contributed by atoms with Crippen molar-refractivity contribution in [3.63, 3.8) is 0 Å². The van der Waals surface area contributed by atoms with Crippen LogP contribution in [0.25, 0.3) is 0 Å². The van der Waals surface area contributed by atoms with Gasteiger partial charge in [-0.15, -0.1) is 30.6 Å². The second-order valence-electron chi connectivity index (χ2n) is 3.54. The predicted molar refractivity (Wildman–Crippen MR) is 89.2 cm³/mol. The molecule has 2 N–H and O–H groups in total. The third-order valence-electron chi connectivity index (χ3n) is 2.21. The summed E-state index contributed by atoms with van der Waals surface area (Å²) in [4.78, 5) is 8.59. The van der Waals surface area contributed by atoms with Crippen LogP contribution in [0.15, 0.2) is 36.0 Å². The molecule has 0 atom stereocenters. The van der Waals surface area contributed by atoms with Crippen molar-refractivity contribution < 1.29 is 4.74 Å². The average Bonchev–Trinajstić information content (AvgIpc) is 2.42. The minimum Gasteiger partial charge on any atom is -0.481 e. The van der Waals surface area contributed by atoms with Gasteiger partial charge in [0.25, 0.3) is 0 Å². The molecular formula is C13H21IN4O. The third kappa shape index (κ3) is 6.42. The molecular weight excluding hydrogens is 355 g/mol. The van der Waals surface area contributed by atoms with E-state index in [1.54, 1.807) is 19.4 Å². The summed E-state index contributed by atoms with van der Waals surface area (Å²) >= 11 is 0. The van der Waals surface area contributed by atoms with Gasteiger partial charge >= 0.3 is 0 Å². The van der Waals surface area contributed by atoms with Crippen LogP contribution in [0, 0.1) is 0 Å². The topological polar surface area (TPSA) is 58.5 Å². The normalized spacial score (nSPS) is 10.3. The molecule has 0 fully saturated rings. The number of hydrogen-bond donors (Lipinski definition) is 2. The Balaban J connectivity index is 0.00000324. The number of pyridine rings is 1. The molecule has 0 radical (unpaired) electrons. The lowest BCUT2D eigenvalue weighted by Crippen LogP contribution is -2.37. The maximum absolute atomic E-state index is 5.18. The van der Waals surface area contributed by atoms with Gasteiger partial charge in [-0.3, -0.25) is 0 Å². The first-order valence-electron chi connectivity index (χ1n) is 5.92. The summed E-state index contributed by atoms with van der Waals surface area (Å²) in [6.07, 6.45) is 3.49. The molecule has 0 aliphatic carbocycles. The van der Waals surface area contributed by atoms with E-state index in [0.717, 1.165) is 18.1 Å². The molecule has 0 spiro atoms. The molecule has 1 aromatic rings. The Morgan fingerprint density at radius 3 is 2.95 bits per heavy atom. The van der Waals surface area contributed by atoms with Gasteiger partial charge in [0.05, 0.1) is 13.7 Å². The Labute approximate surface area is 131 Å². The molecule has 6 heteroatoms. The Hall–Kier alpha value is -1.31. The SMILES string of the molecule is C=CCNC(=NCc1cccnc1OC)NCC.I.